The van der Waals surface area contributed by atoms with Gasteiger partial charge in [0.2, 0.25) is 0 Å². The van der Waals surface area contributed by atoms with Gasteiger partial charge in [0.15, 0.2) is 0 Å². The second-order valence-corrected chi connectivity index (χ2v) is 7.26. The fraction of sp³-hybridized carbons (Fsp3) is 0.550. The molecule has 1 aliphatic rings. The summed E-state index contributed by atoms with van der Waals surface area (Å²) < 4.78 is 5.16. The van der Waals surface area contributed by atoms with Crippen molar-refractivity contribution < 1.29 is 14.6 Å². The van der Waals surface area contributed by atoms with Crippen molar-refractivity contribution in [1.82, 2.24) is 10.3 Å². The summed E-state index contributed by atoms with van der Waals surface area (Å²) in [6, 6.07) is 8.13. The Morgan fingerprint density at radius 1 is 1.32 bits per heavy atom. The Morgan fingerprint density at radius 2 is 2.08 bits per heavy atom. The largest absolute Gasteiger partial charge is 0.468 e. The van der Waals surface area contributed by atoms with E-state index in [1.54, 1.807) is 0 Å². The lowest BCUT2D eigenvalue weighted by atomic mass is 9.78. The molecule has 1 aromatic carbocycles. The van der Waals surface area contributed by atoms with Gasteiger partial charge in [0.25, 0.3) is 0 Å². The van der Waals surface area contributed by atoms with Crippen molar-refractivity contribution in [3.05, 3.63) is 35.5 Å². The van der Waals surface area contributed by atoms with Gasteiger partial charge in [0, 0.05) is 23.1 Å². The van der Waals surface area contributed by atoms with Gasteiger partial charge >= 0.3 is 5.97 Å². The fourth-order valence-corrected chi connectivity index (χ4v) is 4.03. The maximum absolute atomic E-state index is 12.7. The highest BCUT2D eigenvalue weighted by molar-refractivity contribution is 5.90. The molecule has 2 atom stereocenters. The molecular formula is C20H28N2O3. The number of methoxy groups -OCH3 is 1. The molecule has 2 heterocycles. The molecule has 0 saturated carbocycles. The lowest BCUT2D eigenvalue weighted by molar-refractivity contribution is -0.147. The molecule has 0 saturated heterocycles. The molecule has 3 rings (SSSR count). The van der Waals surface area contributed by atoms with Crippen molar-refractivity contribution in [2.75, 3.05) is 13.7 Å². The molecule has 2 unspecified atom stereocenters. The van der Waals surface area contributed by atoms with Gasteiger partial charge in [-0.25, -0.2) is 0 Å². The van der Waals surface area contributed by atoms with E-state index in [4.69, 9.17) is 4.74 Å². The number of aliphatic hydroxyl groups is 1. The minimum atomic E-state index is -0.874. The maximum Gasteiger partial charge on any atom is 0.317 e. The third-order valence-corrected chi connectivity index (χ3v) is 5.68. The summed E-state index contributed by atoms with van der Waals surface area (Å²) in [4.78, 5) is 16.2. The van der Waals surface area contributed by atoms with E-state index < -0.39 is 11.1 Å². The Kier molecular flexibility index (Phi) is 4.89. The molecule has 0 radical (unpaired) electrons. The first kappa shape index (κ1) is 18.0. The van der Waals surface area contributed by atoms with Gasteiger partial charge in [0.1, 0.15) is 11.1 Å². The highest BCUT2D eigenvalue weighted by Crippen LogP contribution is 2.38. The third kappa shape index (κ3) is 3.18. The molecule has 2 aromatic rings. The van der Waals surface area contributed by atoms with Crippen molar-refractivity contribution in [3.63, 3.8) is 0 Å². The molecule has 3 N–H and O–H groups in total. The Hall–Kier alpha value is -1.85. The van der Waals surface area contributed by atoms with E-state index in [1.807, 2.05) is 32.0 Å². The first-order valence-electron chi connectivity index (χ1n) is 9.09. The molecule has 136 valence electrons. The number of aromatic amines is 1. The van der Waals surface area contributed by atoms with Crippen molar-refractivity contribution in [2.24, 2.45) is 0 Å². The molecule has 0 amide bonds. The Morgan fingerprint density at radius 3 is 2.80 bits per heavy atom. The zero-order valence-corrected chi connectivity index (χ0v) is 15.3. The average Bonchev–Trinajstić information content (AvgIpc) is 3.00. The standard InChI is InChI=1S/C20H28N2O3/c1-4-20(24)12-7-11-19(2,18(23)25-3)17-15(10-13-21-20)14-8-5-6-9-16(14)22-17/h5-6,8-9,21-22,24H,4,7,10-13H2,1-3H3. The van der Waals surface area contributed by atoms with E-state index in [0.29, 0.717) is 25.8 Å². The smallest absolute Gasteiger partial charge is 0.317 e. The minimum Gasteiger partial charge on any atom is -0.468 e. The molecule has 0 bridgehead atoms. The van der Waals surface area contributed by atoms with Crippen molar-refractivity contribution in [2.45, 2.75) is 57.1 Å². The van der Waals surface area contributed by atoms with Crippen molar-refractivity contribution in [1.29, 1.82) is 0 Å². The molecule has 1 aliphatic heterocycles. The normalized spacial score (nSPS) is 27.7. The van der Waals surface area contributed by atoms with Crippen molar-refractivity contribution in [3.8, 4) is 0 Å². The number of esters is 1. The second-order valence-electron chi connectivity index (χ2n) is 7.26. The first-order chi connectivity index (χ1) is 11.9. The summed E-state index contributed by atoms with van der Waals surface area (Å²) in [7, 11) is 1.44. The van der Waals surface area contributed by atoms with Crippen LogP contribution < -0.4 is 5.32 Å². The Bertz CT molecular complexity index is 769. The van der Waals surface area contributed by atoms with Crippen LogP contribution >= 0.6 is 0 Å². The molecule has 0 spiro atoms. The number of nitrogens with one attached hydrogen (secondary N) is 2. The molecular weight excluding hydrogens is 316 g/mol. The number of ether oxygens (including phenoxy) is 1. The number of benzene rings is 1. The summed E-state index contributed by atoms with van der Waals surface area (Å²) >= 11 is 0. The Balaban J connectivity index is 2.13. The summed E-state index contributed by atoms with van der Waals surface area (Å²) in [5.74, 6) is -0.228. The van der Waals surface area contributed by atoms with Crippen LogP contribution in [0.5, 0.6) is 0 Å². The predicted octanol–water partition coefficient (Wildman–Crippen LogP) is 3.01. The zero-order chi connectivity index (χ0) is 18.1. The first-order valence-corrected chi connectivity index (χ1v) is 9.09. The fourth-order valence-electron chi connectivity index (χ4n) is 4.03. The van der Waals surface area contributed by atoms with Crippen LogP contribution in [0, 0.1) is 0 Å². The van der Waals surface area contributed by atoms with Crippen LogP contribution in [-0.4, -0.2) is 35.4 Å². The van der Waals surface area contributed by atoms with Crippen LogP contribution in [0.15, 0.2) is 24.3 Å². The van der Waals surface area contributed by atoms with Crippen LogP contribution in [0.25, 0.3) is 10.9 Å². The average molecular weight is 344 g/mol. The number of fused-ring (bicyclic) bond motifs is 3. The second kappa shape index (κ2) is 6.81. The zero-order valence-electron chi connectivity index (χ0n) is 15.3. The molecule has 25 heavy (non-hydrogen) atoms. The van der Waals surface area contributed by atoms with Crippen LogP contribution in [0.4, 0.5) is 0 Å². The summed E-state index contributed by atoms with van der Waals surface area (Å²) in [6.07, 6.45) is 3.36. The van der Waals surface area contributed by atoms with E-state index in [1.165, 1.54) is 7.11 Å². The number of carbonyl (C=O) groups excluding carboxylic acids is 1. The topological polar surface area (TPSA) is 74.3 Å². The van der Waals surface area contributed by atoms with Crippen molar-refractivity contribution >= 4 is 16.9 Å². The monoisotopic (exact) mass is 344 g/mol. The van der Waals surface area contributed by atoms with Gasteiger partial charge in [-0.1, -0.05) is 25.1 Å². The molecule has 0 fully saturated rings. The van der Waals surface area contributed by atoms with Gasteiger partial charge in [-0.2, -0.15) is 0 Å². The molecule has 5 heteroatoms. The van der Waals surface area contributed by atoms with Crippen LogP contribution in [-0.2, 0) is 21.4 Å². The van der Waals surface area contributed by atoms with E-state index in [0.717, 1.165) is 35.0 Å². The number of H-pyrrole nitrogens is 1. The molecule has 5 nitrogen and oxygen atoms in total. The lowest BCUT2D eigenvalue weighted by Gasteiger charge is -2.33. The third-order valence-electron chi connectivity index (χ3n) is 5.68. The minimum absolute atomic E-state index is 0.228. The maximum atomic E-state index is 12.7. The highest BCUT2D eigenvalue weighted by Gasteiger charge is 2.41. The van der Waals surface area contributed by atoms with E-state index in [9.17, 15) is 9.90 Å². The number of para-hydroxylation sites is 1. The molecule has 1 aromatic heterocycles. The Labute approximate surface area is 148 Å². The SMILES string of the molecule is CCC1(O)CCCC(C)(C(=O)OC)c2[nH]c3ccccc3c2CCN1. The lowest BCUT2D eigenvalue weighted by Crippen LogP contribution is -2.47. The number of hydrogen-bond acceptors (Lipinski definition) is 4. The predicted molar refractivity (Wildman–Crippen MR) is 98.5 cm³/mol. The quantitative estimate of drug-likeness (QED) is 0.732. The van der Waals surface area contributed by atoms with E-state index in [-0.39, 0.29) is 5.97 Å². The molecule has 0 aliphatic carbocycles. The van der Waals surface area contributed by atoms with Crippen LogP contribution in [0.2, 0.25) is 0 Å². The summed E-state index contributed by atoms with van der Waals surface area (Å²) in [6.45, 7) is 4.60. The van der Waals surface area contributed by atoms with Crippen LogP contribution in [0.3, 0.4) is 0 Å². The number of carbonyl (C=O) groups is 1. The van der Waals surface area contributed by atoms with E-state index >= 15 is 0 Å². The highest BCUT2D eigenvalue weighted by atomic mass is 16.5. The van der Waals surface area contributed by atoms with Gasteiger partial charge < -0.3 is 14.8 Å². The van der Waals surface area contributed by atoms with Gasteiger partial charge in [-0.3, -0.25) is 10.1 Å². The van der Waals surface area contributed by atoms with Crippen LogP contribution in [0.1, 0.15) is 50.8 Å². The summed E-state index contributed by atoms with van der Waals surface area (Å²) in [5.41, 5.74) is 1.50. The van der Waals surface area contributed by atoms with Gasteiger partial charge in [-0.15, -0.1) is 0 Å². The number of hydrogen-bond donors (Lipinski definition) is 3. The summed E-state index contributed by atoms with van der Waals surface area (Å²) in [5, 5.41) is 15.2. The number of rotatable bonds is 2. The van der Waals surface area contributed by atoms with Gasteiger partial charge in [0.05, 0.1) is 7.11 Å². The van der Waals surface area contributed by atoms with Gasteiger partial charge in [-0.05, 0) is 50.7 Å². The number of aromatic nitrogens is 1. The van der Waals surface area contributed by atoms with E-state index in [2.05, 4.69) is 16.4 Å².